The molecule has 1 heterocycles. The quantitative estimate of drug-likeness (QED) is 0.259. The van der Waals surface area contributed by atoms with E-state index < -0.39 is 19.9 Å². The first-order valence-corrected chi connectivity index (χ1v) is 12.7. The van der Waals surface area contributed by atoms with E-state index >= 15 is 0 Å². The fourth-order valence-electron chi connectivity index (χ4n) is 2.14. The molecule has 25 heavy (non-hydrogen) atoms. The Hall–Kier alpha value is 0.210. The van der Waals surface area contributed by atoms with Gasteiger partial charge in [-0.25, -0.2) is 21.1 Å². The zero-order valence-corrected chi connectivity index (χ0v) is 19.7. The van der Waals surface area contributed by atoms with Crippen molar-refractivity contribution in [2.45, 2.75) is 19.4 Å². The van der Waals surface area contributed by atoms with Crippen LogP contribution in [0.3, 0.4) is 0 Å². The summed E-state index contributed by atoms with van der Waals surface area (Å²) in [4.78, 5) is 4.04. The van der Waals surface area contributed by atoms with Crippen LogP contribution in [-0.4, -0.2) is 89.1 Å². The van der Waals surface area contributed by atoms with Crippen molar-refractivity contribution in [3.05, 3.63) is 0 Å². The molecule has 1 fully saturated rings. The Balaban J connectivity index is 0.00000576. The molecule has 0 aromatic heterocycles. The van der Waals surface area contributed by atoms with Crippen LogP contribution in [0.5, 0.6) is 0 Å². The van der Waals surface area contributed by atoms with Crippen molar-refractivity contribution in [3.8, 4) is 0 Å². The summed E-state index contributed by atoms with van der Waals surface area (Å²) in [5.41, 5.74) is 0. The standard InChI is InChI=1S/C13H28N4O4S3.HI/c1-12(4-10-23(3,18)19)16-13(14-2)15-5-11-24(20,21)17-6-8-22-9-7-17;/h12H,4-11H2,1-3H3,(H2,14,15,16);1H. The van der Waals surface area contributed by atoms with Crippen LogP contribution >= 0.6 is 35.7 Å². The summed E-state index contributed by atoms with van der Waals surface area (Å²) in [6.45, 7) is 3.26. The van der Waals surface area contributed by atoms with Crippen molar-refractivity contribution >= 4 is 61.6 Å². The van der Waals surface area contributed by atoms with Gasteiger partial charge in [0, 0.05) is 50.5 Å². The molecule has 2 N–H and O–H groups in total. The molecule has 0 saturated carbocycles. The molecule has 1 unspecified atom stereocenters. The number of nitrogens with zero attached hydrogens (tertiary/aromatic N) is 2. The van der Waals surface area contributed by atoms with Gasteiger partial charge in [-0.05, 0) is 13.3 Å². The van der Waals surface area contributed by atoms with Gasteiger partial charge in [0.2, 0.25) is 10.0 Å². The van der Waals surface area contributed by atoms with Crippen LogP contribution in [-0.2, 0) is 19.9 Å². The highest BCUT2D eigenvalue weighted by molar-refractivity contribution is 14.0. The normalized spacial score (nSPS) is 18.3. The fourth-order valence-corrected chi connectivity index (χ4v) is 5.42. The Kier molecular flexibility index (Phi) is 11.9. The van der Waals surface area contributed by atoms with E-state index in [0.29, 0.717) is 25.5 Å². The minimum atomic E-state index is -3.25. The third kappa shape index (κ3) is 10.8. The number of sulfone groups is 1. The molecule has 0 amide bonds. The van der Waals surface area contributed by atoms with Gasteiger partial charge in [-0.1, -0.05) is 0 Å². The third-order valence-corrected chi connectivity index (χ3v) is 7.34. The van der Waals surface area contributed by atoms with Gasteiger partial charge in [0.15, 0.2) is 5.96 Å². The van der Waals surface area contributed by atoms with Crippen molar-refractivity contribution in [3.63, 3.8) is 0 Å². The van der Waals surface area contributed by atoms with Crippen molar-refractivity contribution < 1.29 is 16.8 Å². The summed E-state index contributed by atoms with van der Waals surface area (Å²) in [5.74, 6) is 2.26. The first-order valence-electron chi connectivity index (χ1n) is 7.84. The summed E-state index contributed by atoms with van der Waals surface area (Å²) < 4.78 is 48.4. The molecular formula is C13H29IN4O4S3. The summed E-state index contributed by atoms with van der Waals surface area (Å²) in [7, 11) is -4.65. The lowest BCUT2D eigenvalue weighted by Crippen LogP contribution is -2.46. The number of aliphatic imine (C=N–C) groups is 1. The molecule has 0 aliphatic carbocycles. The highest BCUT2D eigenvalue weighted by Gasteiger charge is 2.23. The number of sulfonamides is 1. The number of hydrogen-bond acceptors (Lipinski definition) is 6. The number of thioether (sulfide) groups is 1. The van der Waals surface area contributed by atoms with Gasteiger partial charge in [0.25, 0.3) is 0 Å². The molecule has 0 radical (unpaired) electrons. The average Bonchev–Trinajstić information content (AvgIpc) is 2.52. The summed E-state index contributed by atoms with van der Waals surface area (Å²) in [5, 5.41) is 6.04. The van der Waals surface area contributed by atoms with E-state index in [2.05, 4.69) is 15.6 Å². The van der Waals surface area contributed by atoms with E-state index in [9.17, 15) is 16.8 Å². The number of nitrogens with one attached hydrogen (secondary N) is 2. The second-order valence-corrected chi connectivity index (χ2v) is 11.4. The predicted octanol–water partition coefficient (Wildman–Crippen LogP) is -0.0288. The van der Waals surface area contributed by atoms with E-state index in [4.69, 9.17) is 0 Å². The molecule has 1 aliphatic heterocycles. The molecule has 1 atom stereocenters. The van der Waals surface area contributed by atoms with Gasteiger partial charge in [-0.15, -0.1) is 24.0 Å². The van der Waals surface area contributed by atoms with Gasteiger partial charge in [0.1, 0.15) is 9.84 Å². The maximum Gasteiger partial charge on any atom is 0.215 e. The molecule has 0 bridgehead atoms. The largest absolute Gasteiger partial charge is 0.355 e. The number of hydrogen-bond donors (Lipinski definition) is 2. The molecule has 1 rings (SSSR count). The Morgan fingerprint density at radius 3 is 2.32 bits per heavy atom. The lowest BCUT2D eigenvalue weighted by atomic mass is 10.3. The second-order valence-electron chi connectivity index (χ2n) is 5.79. The van der Waals surface area contributed by atoms with Crippen molar-refractivity contribution in [2.24, 2.45) is 4.99 Å². The SMILES string of the molecule is CN=C(NCCS(=O)(=O)N1CCSCC1)NC(C)CCS(C)(=O)=O.I. The lowest BCUT2D eigenvalue weighted by molar-refractivity contribution is 0.443. The van der Waals surface area contributed by atoms with Gasteiger partial charge >= 0.3 is 0 Å². The maximum atomic E-state index is 12.2. The Labute approximate surface area is 173 Å². The van der Waals surface area contributed by atoms with Gasteiger partial charge in [0.05, 0.1) is 11.5 Å². The van der Waals surface area contributed by atoms with Crippen molar-refractivity contribution in [2.75, 3.05) is 55.9 Å². The molecule has 0 spiro atoms. The van der Waals surface area contributed by atoms with Crippen molar-refractivity contribution in [1.82, 2.24) is 14.9 Å². The number of halogens is 1. The van der Waals surface area contributed by atoms with E-state index in [1.54, 1.807) is 18.8 Å². The Morgan fingerprint density at radius 2 is 1.80 bits per heavy atom. The minimum absolute atomic E-state index is 0. The molecular weight excluding hydrogens is 499 g/mol. The van der Waals surface area contributed by atoms with Crippen LogP contribution in [0, 0.1) is 0 Å². The topological polar surface area (TPSA) is 108 Å². The minimum Gasteiger partial charge on any atom is -0.355 e. The third-order valence-electron chi connectivity index (χ3n) is 3.54. The lowest BCUT2D eigenvalue weighted by Gasteiger charge is -2.26. The fraction of sp³-hybridized carbons (Fsp3) is 0.923. The van der Waals surface area contributed by atoms with Crippen molar-refractivity contribution in [1.29, 1.82) is 0 Å². The van der Waals surface area contributed by atoms with Crippen LogP contribution in [0.1, 0.15) is 13.3 Å². The molecule has 12 heteroatoms. The first kappa shape index (κ1) is 25.2. The zero-order valence-electron chi connectivity index (χ0n) is 14.9. The molecule has 0 aromatic rings. The highest BCUT2D eigenvalue weighted by atomic mass is 127. The maximum absolute atomic E-state index is 12.2. The second kappa shape index (κ2) is 11.8. The van der Waals surface area contributed by atoms with E-state index in [1.807, 2.05) is 6.92 Å². The first-order chi connectivity index (χ1) is 11.1. The Bertz CT molecular complexity index is 619. The number of guanidine groups is 1. The molecule has 8 nitrogen and oxygen atoms in total. The van der Waals surface area contributed by atoms with E-state index in [-0.39, 0.29) is 48.1 Å². The Morgan fingerprint density at radius 1 is 1.20 bits per heavy atom. The van der Waals surface area contributed by atoms with E-state index in [0.717, 1.165) is 11.5 Å². The summed E-state index contributed by atoms with van der Waals surface area (Å²) in [6, 6.07) is -0.0818. The van der Waals surface area contributed by atoms with E-state index in [1.165, 1.54) is 10.6 Å². The van der Waals surface area contributed by atoms with Crippen LogP contribution in [0.2, 0.25) is 0 Å². The summed E-state index contributed by atoms with van der Waals surface area (Å²) in [6.07, 6.45) is 1.67. The number of rotatable bonds is 8. The van der Waals surface area contributed by atoms with Gasteiger partial charge < -0.3 is 10.6 Å². The highest BCUT2D eigenvalue weighted by Crippen LogP contribution is 2.12. The zero-order chi connectivity index (χ0) is 18.2. The molecule has 1 aliphatic rings. The van der Waals surface area contributed by atoms with Crippen LogP contribution in [0.4, 0.5) is 0 Å². The molecule has 150 valence electrons. The predicted molar refractivity (Wildman–Crippen MR) is 116 cm³/mol. The van der Waals surface area contributed by atoms with Gasteiger partial charge in [-0.3, -0.25) is 4.99 Å². The smallest absolute Gasteiger partial charge is 0.215 e. The van der Waals surface area contributed by atoms with Crippen LogP contribution < -0.4 is 10.6 Å². The average molecular weight is 529 g/mol. The monoisotopic (exact) mass is 528 g/mol. The van der Waals surface area contributed by atoms with Crippen LogP contribution in [0.25, 0.3) is 0 Å². The van der Waals surface area contributed by atoms with Crippen LogP contribution in [0.15, 0.2) is 4.99 Å². The van der Waals surface area contributed by atoms with Gasteiger partial charge in [-0.2, -0.15) is 11.8 Å². The molecule has 0 aromatic carbocycles. The summed E-state index contributed by atoms with van der Waals surface area (Å²) >= 11 is 1.77. The molecule has 1 saturated heterocycles.